The summed E-state index contributed by atoms with van der Waals surface area (Å²) in [6, 6.07) is 1.95. The number of pyridine rings is 1. The maximum atomic E-state index is 15.1. The second-order valence-corrected chi connectivity index (χ2v) is 8.83. The van der Waals surface area contributed by atoms with Crippen molar-refractivity contribution in [2.75, 3.05) is 17.2 Å². The first-order chi connectivity index (χ1) is 11.3. The zero-order valence-electron chi connectivity index (χ0n) is 14.6. The van der Waals surface area contributed by atoms with Crippen LogP contribution in [0.25, 0.3) is 10.9 Å². The lowest BCUT2D eigenvalue weighted by atomic mass is 9.92. The summed E-state index contributed by atoms with van der Waals surface area (Å²) in [7, 11) is 0. The second-order valence-electron chi connectivity index (χ2n) is 7.82. The molecule has 4 rings (SSSR count). The summed E-state index contributed by atoms with van der Waals surface area (Å²) in [6.45, 7) is 9.26. The molecule has 1 aromatic heterocycles. The summed E-state index contributed by atoms with van der Waals surface area (Å²) < 4.78 is 15.1. The predicted octanol–water partition coefficient (Wildman–Crippen LogP) is 4.43. The Kier molecular flexibility index (Phi) is 3.50. The summed E-state index contributed by atoms with van der Waals surface area (Å²) in [5, 5.41) is 0.570. The lowest BCUT2D eigenvalue weighted by molar-refractivity contribution is 0.482. The molecule has 0 bridgehead atoms. The van der Waals surface area contributed by atoms with Crippen LogP contribution in [0.3, 0.4) is 0 Å². The van der Waals surface area contributed by atoms with Crippen LogP contribution in [-0.2, 0) is 6.42 Å². The molecule has 2 aliphatic heterocycles. The minimum Gasteiger partial charge on any atom is -0.364 e. The van der Waals surface area contributed by atoms with Crippen molar-refractivity contribution in [2.24, 2.45) is 0 Å². The number of nitrogens with one attached hydrogen (secondary N) is 1. The minimum absolute atomic E-state index is 0.0806. The highest BCUT2D eigenvalue weighted by molar-refractivity contribution is 7.99. The smallest absolute Gasteiger partial charge is 0.254 e. The molecule has 24 heavy (non-hydrogen) atoms. The Hall–Kier alpha value is -1.49. The molecule has 5 heteroatoms. The van der Waals surface area contributed by atoms with Crippen LogP contribution in [0.4, 0.5) is 10.1 Å². The van der Waals surface area contributed by atoms with Gasteiger partial charge in [-0.05, 0) is 38.7 Å². The van der Waals surface area contributed by atoms with Crippen LogP contribution in [0.1, 0.15) is 51.2 Å². The number of aromatic nitrogens is 1. The van der Waals surface area contributed by atoms with Gasteiger partial charge >= 0.3 is 0 Å². The molecular weight excluding hydrogens is 323 g/mol. The standard InChI is InChI=1S/C19H23FN2OS/c1-10(2)14-15(20)12-8-13-17-11(16(12)21-18(14)23)6-5-7-22(17)19(3,4)9-24-13/h8,10H,5-7,9H2,1-4H3,(H,21,23). The van der Waals surface area contributed by atoms with Gasteiger partial charge < -0.3 is 9.88 Å². The zero-order valence-corrected chi connectivity index (χ0v) is 15.4. The van der Waals surface area contributed by atoms with E-state index in [2.05, 4.69) is 23.7 Å². The zero-order chi connectivity index (χ0) is 17.2. The van der Waals surface area contributed by atoms with Crippen LogP contribution in [0.15, 0.2) is 15.8 Å². The van der Waals surface area contributed by atoms with E-state index in [9.17, 15) is 4.79 Å². The van der Waals surface area contributed by atoms with Crippen LogP contribution in [-0.4, -0.2) is 22.8 Å². The molecule has 0 saturated carbocycles. The van der Waals surface area contributed by atoms with E-state index in [1.807, 2.05) is 19.9 Å². The largest absolute Gasteiger partial charge is 0.364 e. The Morgan fingerprint density at radius 3 is 2.83 bits per heavy atom. The van der Waals surface area contributed by atoms with Crippen molar-refractivity contribution in [1.82, 2.24) is 4.98 Å². The fourth-order valence-electron chi connectivity index (χ4n) is 4.07. The Balaban J connectivity index is 2.09. The number of anilines is 1. The molecule has 0 amide bonds. The molecule has 1 aromatic carbocycles. The molecule has 0 spiro atoms. The van der Waals surface area contributed by atoms with Crippen LogP contribution in [0, 0.1) is 5.82 Å². The lowest BCUT2D eigenvalue weighted by Crippen LogP contribution is -2.50. The maximum Gasteiger partial charge on any atom is 0.254 e. The van der Waals surface area contributed by atoms with E-state index in [4.69, 9.17) is 0 Å². The van der Waals surface area contributed by atoms with Gasteiger partial charge in [0, 0.05) is 33.7 Å². The molecule has 0 unspecified atom stereocenters. The topological polar surface area (TPSA) is 36.1 Å². The van der Waals surface area contributed by atoms with E-state index in [1.54, 1.807) is 11.8 Å². The van der Waals surface area contributed by atoms with Gasteiger partial charge in [0.15, 0.2) is 0 Å². The molecule has 128 valence electrons. The van der Waals surface area contributed by atoms with Gasteiger partial charge in [0.25, 0.3) is 5.56 Å². The molecule has 0 radical (unpaired) electrons. The summed E-state index contributed by atoms with van der Waals surface area (Å²) in [4.78, 5) is 19.0. The molecule has 2 aromatic rings. The van der Waals surface area contributed by atoms with Crippen molar-refractivity contribution < 1.29 is 4.39 Å². The van der Waals surface area contributed by atoms with Gasteiger partial charge in [0.1, 0.15) is 5.82 Å². The normalized spacial score (nSPS) is 19.0. The average Bonchev–Trinajstić information content (AvgIpc) is 2.51. The van der Waals surface area contributed by atoms with Gasteiger partial charge in [0.05, 0.1) is 16.8 Å². The molecule has 0 atom stereocenters. The van der Waals surface area contributed by atoms with Gasteiger partial charge in [0.2, 0.25) is 0 Å². The summed E-state index contributed by atoms with van der Waals surface area (Å²) in [5.41, 5.74) is 3.08. The lowest BCUT2D eigenvalue weighted by Gasteiger charge is -2.48. The Morgan fingerprint density at radius 1 is 1.38 bits per heavy atom. The number of hydrogen-bond donors (Lipinski definition) is 1. The average molecular weight is 346 g/mol. The first kappa shape index (κ1) is 16.0. The van der Waals surface area contributed by atoms with Gasteiger partial charge in [-0.1, -0.05) is 13.8 Å². The SMILES string of the molecule is CC(C)c1c(F)c2cc3c4c(c2[nH]c1=O)CCCN4C(C)(C)CS3. The van der Waals surface area contributed by atoms with Crippen molar-refractivity contribution in [3.63, 3.8) is 0 Å². The van der Waals surface area contributed by atoms with Crippen molar-refractivity contribution in [2.45, 2.75) is 56.9 Å². The van der Waals surface area contributed by atoms with Gasteiger partial charge in [-0.3, -0.25) is 4.79 Å². The molecule has 0 saturated heterocycles. The number of hydrogen-bond acceptors (Lipinski definition) is 3. The minimum atomic E-state index is -0.342. The van der Waals surface area contributed by atoms with Crippen LogP contribution in [0.5, 0.6) is 0 Å². The summed E-state index contributed by atoms with van der Waals surface area (Å²) in [6.07, 6.45) is 1.93. The number of benzene rings is 1. The molecular formula is C19H23FN2OS. The van der Waals surface area contributed by atoms with E-state index in [0.29, 0.717) is 10.9 Å². The van der Waals surface area contributed by atoms with Crippen molar-refractivity contribution >= 4 is 28.4 Å². The fourth-order valence-corrected chi connectivity index (χ4v) is 5.31. The molecule has 3 nitrogen and oxygen atoms in total. The Morgan fingerprint density at radius 2 is 2.12 bits per heavy atom. The quantitative estimate of drug-likeness (QED) is 0.830. The molecule has 0 aliphatic carbocycles. The highest BCUT2D eigenvalue weighted by Crippen LogP contribution is 2.48. The van der Waals surface area contributed by atoms with Gasteiger partial charge in [-0.15, -0.1) is 11.8 Å². The van der Waals surface area contributed by atoms with Gasteiger partial charge in [-0.2, -0.15) is 0 Å². The van der Waals surface area contributed by atoms with E-state index in [0.717, 1.165) is 35.6 Å². The third-order valence-corrected chi connectivity index (χ3v) is 6.76. The highest BCUT2D eigenvalue weighted by Gasteiger charge is 2.37. The maximum absolute atomic E-state index is 15.1. The summed E-state index contributed by atoms with van der Waals surface area (Å²) in [5.74, 6) is 0.520. The van der Waals surface area contributed by atoms with Crippen LogP contribution in [0.2, 0.25) is 0 Å². The first-order valence-electron chi connectivity index (χ1n) is 8.63. The van der Waals surface area contributed by atoms with Crippen LogP contribution < -0.4 is 10.5 Å². The number of rotatable bonds is 1. The third-order valence-electron chi connectivity index (χ3n) is 5.29. The summed E-state index contributed by atoms with van der Waals surface area (Å²) >= 11 is 1.80. The number of halogens is 1. The number of nitrogens with zero attached hydrogens (tertiary/aromatic N) is 1. The van der Waals surface area contributed by atoms with Crippen LogP contribution >= 0.6 is 11.8 Å². The Bertz CT molecular complexity index is 901. The number of H-pyrrole nitrogens is 1. The fraction of sp³-hybridized carbons (Fsp3) is 0.526. The molecule has 2 aliphatic rings. The van der Waals surface area contributed by atoms with E-state index in [1.165, 1.54) is 5.69 Å². The number of fused-ring (bicyclic) bond motifs is 2. The van der Waals surface area contributed by atoms with Crippen molar-refractivity contribution in [1.29, 1.82) is 0 Å². The first-order valence-corrected chi connectivity index (χ1v) is 9.61. The number of aromatic amines is 1. The molecule has 3 heterocycles. The van der Waals surface area contributed by atoms with E-state index in [-0.39, 0.29) is 28.4 Å². The van der Waals surface area contributed by atoms with E-state index < -0.39 is 0 Å². The second kappa shape index (κ2) is 5.25. The Labute approximate surface area is 145 Å². The van der Waals surface area contributed by atoms with Gasteiger partial charge in [-0.25, -0.2) is 4.39 Å². The number of aryl methyl sites for hydroxylation is 1. The van der Waals surface area contributed by atoms with Crippen molar-refractivity contribution in [3.05, 3.63) is 33.4 Å². The molecule has 0 fully saturated rings. The van der Waals surface area contributed by atoms with Crippen molar-refractivity contribution in [3.8, 4) is 0 Å². The molecule has 1 N–H and O–H groups in total. The van der Waals surface area contributed by atoms with E-state index >= 15 is 4.39 Å². The number of thioether (sulfide) groups is 1. The third kappa shape index (κ3) is 2.13. The predicted molar refractivity (Wildman–Crippen MR) is 99.1 cm³/mol. The monoisotopic (exact) mass is 346 g/mol. The highest BCUT2D eigenvalue weighted by atomic mass is 32.2.